The summed E-state index contributed by atoms with van der Waals surface area (Å²) in [6, 6.07) is 17.2. The van der Waals surface area contributed by atoms with Gasteiger partial charge in [-0.3, -0.25) is 0 Å². The second-order valence-electron chi connectivity index (χ2n) is 4.91. The third-order valence-corrected chi connectivity index (χ3v) is 4.52. The molecule has 20 heavy (non-hydrogen) atoms. The largest absolute Gasteiger partial charge is 0.381 e. The molecule has 1 atom stereocenters. The molecule has 1 unspecified atom stereocenters. The van der Waals surface area contributed by atoms with Gasteiger partial charge in [0.1, 0.15) is 5.60 Å². The van der Waals surface area contributed by atoms with Crippen LogP contribution in [0.1, 0.15) is 23.6 Å². The highest BCUT2D eigenvalue weighted by molar-refractivity contribution is 7.17. The van der Waals surface area contributed by atoms with E-state index in [2.05, 4.69) is 6.07 Å². The fraction of sp³-hybridized carbons (Fsp3) is 0.118. The molecule has 2 aromatic carbocycles. The van der Waals surface area contributed by atoms with Gasteiger partial charge in [0.2, 0.25) is 0 Å². The number of aliphatic hydroxyl groups is 1. The minimum atomic E-state index is -1.11. The molecule has 3 rings (SSSR count). The predicted octanol–water partition coefficient (Wildman–Crippen LogP) is 4.03. The zero-order valence-electron chi connectivity index (χ0n) is 11.0. The van der Waals surface area contributed by atoms with Crippen molar-refractivity contribution >= 4 is 21.4 Å². The minimum absolute atomic E-state index is 0.557. The van der Waals surface area contributed by atoms with Crippen molar-refractivity contribution in [1.29, 1.82) is 5.26 Å². The third kappa shape index (κ3) is 2.00. The Kier molecular flexibility index (Phi) is 3.06. The van der Waals surface area contributed by atoms with Crippen LogP contribution in [0.15, 0.2) is 53.9 Å². The van der Waals surface area contributed by atoms with E-state index < -0.39 is 5.60 Å². The number of hydrogen-bond acceptors (Lipinski definition) is 3. The maximum Gasteiger partial charge on any atom is 0.113 e. The number of nitriles is 1. The van der Waals surface area contributed by atoms with E-state index >= 15 is 0 Å². The molecule has 0 aliphatic rings. The summed E-state index contributed by atoms with van der Waals surface area (Å²) in [5, 5.41) is 23.2. The van der Waals surface area contributed by atoms with Gasteiger partial charge in [-0.1, -0.05) is 30.3 Å². The quantitative estimate of drug-likeness (QED) is 0.769. The molecule has 0 spiro atoms. The lowest BCUT2D eigenvalue weighted by Gasteiger charge is -2.25. The summed E-state index contributed by atoms with van der Waals surface area (Å²) < 4.78 is 1.08. The van der Waals surface area contributed by atoms with Gasteiger partial charge < -0.3 is 5.11 Å². The summed E-state index contributed by atoms with van der Waals surface area (Å²) in [5.74, 6) is 0. The molecule has 1 N–H and O–H groups in total. The first-order valence-electron chi connectivity index (χ1n) is 6.32. The summed E-state index contributed by atoms with van der Waals surface area (Å²) in [6.07, 6.45) is 0. The summed E-state index contributed by atoms with van der Waals surface area (Å²) >= 11 is 1.62. The van der Waals surface area contributed by atoms with Crippen molar-refractivity contribution in [2.24, 2.45) is 0 Å². The lowest BCUT2D eigenvalue weighted by atomic mass is 9.87. The molecule has 0 aliphatic heterocycles. The van der Waals surface area contributed by atoms with Crippen LogP contribution in [0.3, 0.4) is 0 Å². The van der Waals surface area contributed by atoms with Crippen LogP contribution in [-0.2, 0) is 5.60 Å². The molecule has 1 heterocycles. The first-order chi connectivity index (χ1) is 9.63. The van der Waals surface area contributed by atoms with Crippen molar-refractivity contribution in [2.45, 2.75) is 12.5 Å². The lowest BCUT2D eigenvalue weighted by molar-refractivity contribution is 0.104. The second-order valence-corrected chi connectivity index (χ2v) is 5.83. The standard InChI is InChI=1S/C17H13NOS/c1-17(19,14-6-2-4-12(10-14)11-18)15-7-3-5-13-8-9-20-16(13)15/h2-10,19H,1H3. The van der Waals surface area contributed by atoms with Crippen molar-refractivity contribution in [2.75, 3.05) is 0 Å². The molecule has 2 nitrogen and oxygen atoms in total. The molecule has 0 fully saturated rings. The maximum atomic E-state index is 11.0. The molecular weight excluding hydrogens is 266 g/mol. The SMILES string of the molecule is CC(O)(c1cccc(C#N)c1)c1cccc2ccsc12. The first-order valence-corrected chi connectivity index (χ1v) is 7.20. The molecule has 0 aliphatic carbocycles. The molecule has 0 bridgehead atoms. The van der Waals surface area contributed by atoms with E-state index in [0.717, 1.165) is 21.2 Å². The van der Waals surface area contributed by atoms with Crippen molar-refractivity contribution in [1.82, 2.24) is 0 Å². The monoisotopic (exact) mass is 279 g/mol. The predicted molar refractivity (Wildman–Crippen MR) is 81.7 cm³/mol. The minimum Gasteiger partial charge on any atom is -0.381 e. The van der Waals surface area contributed by atoms with E-state index in [4.69, 9.17) is 5.26 Å². The Bertz CT molecular complexity index is 811. The van der Waals surface area contributed by atoms with Crippen LogP contribution in [0.2, 0.25) is 0 Å². The van der Waals surface area contributed by atoms with E-state index in [1.54, 1.807) is 36.5 Å². The van der Waals surface area contributed by atoms with Gasteiger partial charge in [0, 0.05) is 10.3 Å². The molecule has 0 saturated heterocycles. The fourth-order valence-electron chi connectivity index (χ4n) is 2.42. The fourth-order valence-corrected chi connectivity index (χ4v) is 3.44. The van der Waals surface area contributed by atoms with Gasteiger partial charge in [-0.05, 0) is 41.5 Å². The Balaban J connectivity index is 2.20. The van der Waals surface area contributed by atoms with Crippen LogP contribution in [0.25, 0.3) is 10.1 Å². The highest BCUT2D eigenvalue weighted by atomic mass is 32.1. The Morgan fingerprint density at radius 3 is 2.75 bits per heavy atom. The summed E-state index contributed by atoms with van der Waals surface area (Å²) in [6.45, 7) is 1.78. The first kappa shape index (κ1) is 12.9. The molecule has 98 valence electrons. The van der Waals surface area contributed by atoms with Crippen molar-refractivity contribution in [3.8, 4) is 6.07 Å². The van der Waals surface area contributed by atoms with Crippen LogP contribution < -0.4 is 0 Å². The second kappa shape index (κ2) is 4.75. The third-order valence-electron chi connectivity index (χ3n) is 3.56. The Morgan fingerprint density at radius 1 is 1.15 bits per heavy atom. The summed E-state index contributed by atoms with van der Waals surface area (Å²) in [4.78, 5) is 0. The topological polar surface area (TPSA) is 44.0 Å². The summed E-state index contributed by atoms with van der Waals surface area (Å²) in [5.41, 5.74) is 1.05. The van der Waals surface area contributed by atoms with Crippen molar-refractivity contribution in [3.63, 3.8) is 0 Å². The number of fused-ring (bicyclic) bond motifs is 1. The highest BCUT2D eigenvalue weighted by Gasteiger charge is 2.28. The zero-order valence-corrected chi connectivity index (χ0v) is 11.8. The molecule has 0 radical (unpaired) electrons. The number of benzene rings is 2. The highest BCUT2D eigenvalue weighted by Crippen LogP contribution is 2.36. The van der Waals surface area contributed by atoms with Gasteiger partial charge in [0.25, 0.3) is 0 Å². The number of thiophene rings is 1. The average Bonchev–Trinajstić information content (AvgIpc) is 2.95. The van der Waals surface area contributed by atoms with Gasteiger partial charge >= 0.3 is 0 Å². The Labute approximate surface area is 121 Å². The van der Waals surface area contributed by atoms with Gasteiger partial charge in [-0.15, -0.1) is 11.3 Å². The Hall–Kier alpha value is -2.15. The van der Waals surface area contributed by atoms with E-state index in [9.17, 15) is 5.11 Å². The molecule has 1 aromatic heterocycles. The van der Waals surface area contributed by atoms with Gasteiger partial charge in [-0.2, -0.15) is 5.26 Å². The molecule has 0 saturated carbocycles. The van der Waals surface area contributed by atoms with Gasteiger partial charge in [-0.25, -0.2) is 0 Å². The van der Waals surface area contributed by atoms with E-state index in [1.165, 1.54) is 0 Å². The number of hydrogen-bond donors (Lipinski definition) is 1. The number of rotatable bonds is 2. The lowest BCUT2D eigenvalue weighted by Crippen LogP contribution is -2.22. The maximum absolute atomic E-state index is 11.0. The van der Waals surface area contributed by atoms with E-state index in [0.29, 0.717) is 5.56 Å². The van der Waals surface area contributed by atoms with Crippen LogP contribution in [-0.4, -0.2) is 5.11 Å². The smallest absolute Gasteiger partial charge is 0.113 e. The van der Waals surface area contributed by atoms with Crippen LogP contribution >= 0.6 is 11.3 Å². The van der Waals surface area contributed by atoms with E-state index in [1.807, 2.05) is 35.7 Å². The van der Waals surface area contributed by atoms with Crippen LogP contribution in [0, 0.1) is 11.3 Å². The van der Waals surface area contributed by atoms with E-state index in [-0.39, 0.29) is 0 Å². The molecule has 3 aromatic rings. The Morgan fingerprint density at radius 2 is 1.95 bits per heavy atom. The van der Waals surface area contributed by atoms with Crippen LogP contribution in [0.4, 0.5) is 0 Å². The zero-order chi connectivity index (χ0) is 14.2. The molecule has 3 heteroatoms. The normalized spacial score (nSPS) is 13.8. The average molecular weight is 279 g/mol. The van der Waals surface area contributed by atoms with Crippen molar-refractivity contribution < 1.29 is 5.11 Å². The number of nitrogens with zero attached hydrogens (tertiary/aromatic N) is 1. The van der Waals surface area contributed by atoms with Gasteiger partial charge in [0.05, 0.1) is 11.6 Å². The summed E-state index contributed by atoms with van der Waals surface area (Å²) in [7, 11) is 0. The molecule has 0 amide bonds. The van der Waals surface area contributed by atoms with Gasteiger partial charge in [0.15, 0.2) is 0 Å². The van der Waals surface area contributed by atoms with Crippen molar-refractivity contribution in [3.05, 3.63) is 70.6 Å². The molecular formula is C17H13NOS. The van der Waals surface area contributed by atoms with Crippen LogP contribution in [0.5, 0.6) is 0 Å².